The molecule has 0 saturated carbocycles. The van der Waals surface area contributed by atoms with Gasteiger partial charge in [-0.05, 0) is 34.9 Å². The summed E-state index contributed by atoms with van der Waals surface area (Å²) in [5.74, 6) is -5.04. The first-order chi connectivity index (χ1) is 6.91. The van der Waals surface area contributed by atoms with Crippen LogP contribution in [0.2, 0.25) is 0 Å². The second-order valence-electron chi connectivity index (χ2n) is 2.66. The molecule has 0 aliphatic heterocycles. The second-order valence-corrected chi connectivity index (χ2v) is 2.66. The molecule has 0 saturated heterocycles. The largest absolute Gasteiger partial charge is 3.00 e. The second kappa shape index (κ2) is 5.28. The summed E-state index contributed by atoms with van der Waals surface area (Å²) in [5.41, 5.74) is -1.68. The molecular formula is C9H3CoO6. The first kappa shape index (κ1) is 14.1. The number of carboxylic acids is 3. The van der Waals surface area contributed by atoms with Crippen molar-refractivity contribution in [1.82, 2.24) is 0 Å². The summed E-state index contributed by atoms with van der Waals surface area (Å²) in [6.45, 7) is 0. The number of aromatic carboxylic acids is 3. The van der Waals surface area contributed by atoms with E-state index in [2.05, 4.69) is 0 Å². The molecule has 0 N–H and O–H groups in total. The van der Waals surface area contributed by atoms with E-state index in [4.69, 9.17) is 0 Å². The number of carbonyl (C=O) groups excluding carboxylic acids is 3. The third-order valence-electron chi connectivity index (χ3n) is 1.64. The molecule has 7 heteroatoms. The molecule has 0 atom stereocenters. The Hall–Kier alpha value is -1.86. The van der Waals surface area contributed by atoms with Gasteiger partial charge in [-0.1, -0.05) is 0 Å². The van der Waals surface area contributed by atoms with Gasteiger partial charge < -0.3 is 29.7 Å². The molecule has 0 bridgehead atoms. The number of carboxylic acid groups (broad SMARTS) is 3. The maximum Gasteiger partial charge on any atom is 3.00 e. The standard InChI is InChI=1S/C9H6O6.Co/c10-7(11)4-1-5(8(12)13)3-6(2-4)9(14)15;/h1-3H,(H,10,11)(H,12,13)(H,14,15);/q;+3/p-3. The van der Waals surface area contributed by atoms with E-state index < -0.39 is 34.6 Å². The molecular weight excluding hydrogens is 263 g/mol. The van der Waals surface area contributed by atoms with Crippen LogP contribution in [0.4, 0.5) is 0 Å². The molecule has 0 spiro atoms. The molecule has 0 aromatic heterocycles. The minimum Gasteiger partial charge on any atom is -0.545 e. The topological polar surface area (TPSA) is 120 Å². The Kier molecular flexibility index (Phi) is 4.67. The van der Waals surface area contributed by atoms with Crippen LogP contribution in [-0.2, 0) is 16.8 Å². The molecule has 0 unspecified atom stereocenters. The van der Waals surface area contributed by atoms with Gasteiger partial charge in [0.25, 0.3) is 0 Å². The van der Waals surface area contributed by atoms with Crippen molar-refractivity contribution in [1.29, 1.82) is 0 Å². The van der Waals surface area contributed by atoms with Crippen molar-refractivity contribution in [3.63, 3.8) is 0 Å². The summed E-state index contributed by atoms with van der Waals surface area (Å²) in [6, 6.07) is 2.24. The maximum absolute atomic E-state index is 10.4. The maximum atomic E-state index is 10.4. The van der Waals surface area contributed by atoms with E-state index in [9.17, 15) is 29.7 Å². The van der Waals surface area contributed by atoms with Gasteiger partial charge in [0.2, 0.25) is 0 Å². The Morgan fingerprint density at radius 2 is 0.875 bits per heavy atom. The zero-order valence-electron chi connectivity index (χ0n) is 7.51. The van der Waals surface area contributed by atoms with Crippen LogP contribution < -0.4 is 15.3 Å². The minimum absolute atomic E-state index is 0. The fourth-order valence-corrected chi connectivity index (χ4v) is 0.981. The van der Waals surface area contributed by atoms with Gasteiger partial charge in [0.05, 0.1) is 17.9 Å². The number of hydrogen-bond acceptors (Lipinski definition) is 6. The summed E-state index contributed by atoms with van der Waals surface area (Å²) in [4.78, 5) is 31.2. The minimum atomic E-state index is -1.68. The van der Waals surface area contributed by atoms with Gasteiger partial charge in [-0.2, -0.15) is 0 Å². The first-order valence-electron chi connectivity index (χ1n) is 3.71. The summed E-state index contributed by atoms with van der Waals surface area (Å²) >= 11 is 0. The van der Waals surface area contributed by atoms with Crippen LogP contribution in [0.1, 0.15) is 31.1 Å². The number of rotatable bonds is 3. The predicted octanol–water partition coefficient (Wildman–Crippen LogP) is -3.23. The predicted molar refractivity (Wildman–Crippen MR) is 39.4 cm³/mol. The summed E-state index contributed by atoms with van der Waals surface area (Å²) in [6.07, 6.45) is 0. The quantitative estimate of drug-likeness (QED) is 0.567. The Morgan fingerprint density at radius 3 is 1.00 bits per heavy atom. The zero-order valence-corrected chi connectivity index (χ0v) is 8.56. The normalized spacial score (nSPS) is 9.00. The van der Waals surface area contributed by atoms with E-state index >= 15 is 0 Å². The van der Waals surface area contributed by atoms with Crippen LogP contribution in [0.15, 0.2) is 18.2 Å². The SMILES string of the molecule is O=C([O-])c1cc(C(=O)[O-])cc(C(=O)[O-])c1.[Co+3]. The van der Waals surface area contributed by atoms with Crippen LogP contribution in [0, 0.1) is 0 Å². The number of hydrogen-bond donors (Lipinski definition) is 0. The van der Waals surface area contributed by atoms with Crippen LogP contribution in [0.25, 0.3) is 0 Å². The Morgan fingerprint density at radius 1 is 0.688 bits per heavy atom. The molecule has 0 heterocycles. The van der Waals surface area contributed by atoms with Crippen molar-refractivity contribution >= 4 is 17.9 Å². The molecule has 0 aliphatic carbocycles. The van der Waals surface area contributed by atoms with Crippen LogP contribution in [0.5, 0.6) is 0 Å². The Labute approximate surface area is 99.7 Å². The Balaban J connectivity index is 0.00000225. The van der Waals surface area contributed by atoms with Crippen molar-refractivity contribution in [2.45, 2.75) is 0 Å². The number of benzene rings is 1. The van der Waals surface area contributed by atoms with Crippen molar-refractivity contribution in [3.05, 3.63) is 34.9 Å². The molecule has 0 aliphatic rings. The fraction of sp³-hybridized carbons (Fsp3) is 0. The van der Waals surface area contributed by atoms with Crippen LogP contribution in [0.3, 0.4) is 0 Å². The van der Waals surface area contributed by atoms with Crippen molar-refractivity contribution < 1.29 is 46.5 Å². The molecule has 0 amide bonds. The number of carbonyl (C=O) groups is 3. The molecule has 84 valence electrons. The summed E-state index contributed by atoms with van der Waals surface area (Å²) in [5, 5.41) is 31.2. The van der Waals surface area contributed by atoms with Gasteiger partial charge >= 0.3 is 16.8 Å². The summed E-state index contributed by atoms with van der Waals surface area (Å²) in [7, 11) is 0. The van der Waals surface area contributed by atoms with E-state index in [1.165, 1.54) is 0 Å². The smallest absolute Gasteiger partial charge is 0.545 e. The van der Waals surface area contributed by atoms with Crippen LogP contribution in [-0.4, -0.2) is 17.9 Å². The third-order valence-corrected chi connectivity index (χ3v) is 1.64. The van der Waals surface area contributed by atoms with Gasteiger partial charge in [0.1, 0.15) is 0 Å². The summed E-state index contributed by atoms with van der Waals surface area (Å²) < 4.78 is 0. The molecule has 1 aromatic carbocycles. The van der Waals surface area contributed by atoms with Crippen molar-refractivity contribution in [3.8, 4) is 0 Å². The van der Waals surface area contributed by atoms with Crippen molar-refractivity contribution in [2.75, 3.05) is 0 Å². The molecule has 16 heavy (non-hydrogen) atoms. The first-order valence-corrected chi connectivity index (χ1v) is 3.71. The third kappa shape index (κ3) is 3.07. The van der Waals surface area contributed by atoms with Gasteiger partial charge in [0.15, 0.2) is 0 Å². The van der Waals surface area contributed by atoms with Crippen LogP contribution >= 0.6 is 0 Å². The monoisotopic (exact) mass is 266 g/mol. The Bertz CT molecular complexity index is 374. The van der Waals surface area contributed by atoms with Crippen molar-refractivity contribution in [2.24, 2.45) is 0 Å². The average Bonchev–Trinajstić information content (AvgIpc) is 2.16. The van der Waals surface area contributed by atoms with E-state index in [1.807, 2.05) is 0 Å². The molecule has 1 aromatic rings. The molecule has 0 radical (unpaired) electrons. The zero-order chi connectivity index (χ0) is 11.6. The van der Waals surface area contributed by atoms with Gasteiger partial charge in [0, 0.05) is 0 Å². The van der Waals surface area contributed by atoms with E-state index in [1.54, 1.807) is 0 Å². The fourth-order valence-electron chi connectivity index (χ4n) is 0.981. The van der Waals surface area contributed by atoms with E-state index in [0.29, 0.717) is 0 Å². The van der Waals surface area contributed by atoms with Gasteiger partial charge in [-0.15, -0.1) is 0 Å². The molecule has 1 rings (SSSR count). The van der Waals surface area contributed by atoms with Gasteiger partial charge in [-0.25, -0.2) is 0 Å². The van der Waals surface area contributed by atoms with Gasteiger partial charge in [-0.3, -0.25) is 0 Å². The van der Waals surface area contributed by atoms with E-state index in [-0.39, 0.29) is 16.8 Å². The molecule has 0 fully saturated rings. The van der Waals surface area contributed by atoms with E-state index in [0.717, 1.165) is 18.2 Å². The molecule has 6 nitrogen and oxygen atoms in total. The average molecular weight is 266 g/mol.